The molecule has 0 aliphatic heterocycles. The number of nitrogens with one attached hydrogen (secondary N) is 1. The highest BCUT2D eigenvalue weighted by Crippen LogP contribution is 2.19. The maximum atomic E-state index is 13.5. The van der Waals surface area contributed by atoms with Gasteiger partial charge in [-0.3, -0.25) is 0 Å². The van der Waals surface area contributed by atoms with E-state index in [9.17, 15) is 8.78 Å². The molecule has 0 bridgehead atoms. The molecule has 18 heavy (non-hydrogen) atoms. The van der Waals surface area contributed by atoms with Crippen molar-refractivity contribution in [1.29, 1.82) is 0 Å². The van der Waals surface area contributed by atoms with Crippen molar-refractivity contribution < 1.29 is 8.78 Å². The van der Waals surface area contributed by atoms with Crippen LogP contribution in [0, 0.1) is 25.5 Å². The summed E-state index contributed by atoms with van der Waals surface area (Å²) in [4.78, 5) is 0. The van der Waals surface area contributed by atoms with Crippen LogP contribution in [0.2, 0.25) is 0 Å². The van der Waals surface area contributed by atoms with Crippen LogP contribution >= 0.6 is 0 Å². The molecule has 0 aromatic heterocycles. The van der Waals surface area contributed by atoms with E-state index in [-0.39, 0.29) is 0 Å². The maximum absolute atomic E-state index is 13.5. The Morgan fingerprint density at radius 2 is 1.83 bits per heavy atom. The molecule has 3 heteroatoms. The lowest BCUT2D eigenvalue weighted by Gasteiger charge is -2.11. The van der Waals surface area contributed by atoms with Gasteiger partial charge in [0, 0.05) is 23.9 Å². The number of rotatable bonds is 3. The second kappa shape index (κ2) is 5.17. The molecule has 0 fully saturated rings. The topological polar surface area (TPSA) is 12.0 Å². The number of halogens is 2. The lowest BCUT2D eigenvalue weighted by molar-refractivity contribution is 0.574. The molecule has 0 saturated heterocycles. The molecular formula is C15H15F2N. The molecule has 94 valence electrons. The zero-order valence-corrected chi connectivity index (χ0v) is 10.4. The van der Waals surface area contributed by atoms with Crippen LogP contribution in [0.15, 0.2) is 36.4 Å². The van der Waals surface area contributed by atoms with Crippen LogP contribution in [0.5, 0.6) is 0 Å². The summed E-state index contributed by atoms with van der Waals surface area (Å²) in [6, 6.07) is 9.56. The molecule has 0 unspecified atom stereocenters. The van der Waals surface area contributed by atoms with Crippen molar-refractivity contribution in [3.8, 4) is 0 Å². The molecule has 0 heterocycles. The van der Waals surface area contributed by atoms with Crippen LogP contribution in [0.3, 0.4) is 0 Å². The Morgan fingerprint density at radius 3 is 2.56 bits per heavy atom. The van der Waals surface area contributed by atoms with Crippen LogP contribution in [0.4, 0.5) is 14.5 Å². The molecule has 1 N–H and O–H groups in total. The summed E-state index contributed by atoms with van der Waals surface area (Å²) in [7, 11) is 0. The van der Waals surface area contributed by atoms with E-state index in [1.165, 1.54) is 17.7 Å². The monoisotopic (exact) mass is 247 g/mol. The summed E-state index contributed by atoms with van der Waals surface area (Å²) in [6.45, 7) is 4.38. The fourth-order valence-corrected chi connectivity index (χ4v) is 1.80. The van der Waals surface area contributed by atoms with Gasteiger partial charge in [-0.1, -0.05) is 18.2 Å². The zero-order chi connectivity index (χ0) is 13.1. The standard InChI is InChI=1S/C15H15F2N/c1-10-4-3-5-15(11(10)2)18-9-12-6-7-13(16)8-14(12)17/h3-8,18H,9H2,1-2H3. The summed E-state index contributed by atoms with van der Waals surface area (Å²) in [6.07, 6.45) is 0. The van der Waals surface area contributed by atoms with Gasteiger partial charge in [0.1, 0.15) is 11.6 Å². The molecule has 1 nitrogen and oxygen atoms in total. The number of aryl methyl sites for hydroxylation is 1. The van der Waals surface area contributed by atoms with Gasteiger partial charge in [0.15, 0.2) is 0 Å². The van der Waals surface area contributed by atoms with E-state index in [0.717, 1.165) is 17.3 Å². The van der Waals surface area contributed by atoms with Crippen LogP contribution in [0.1, 0.15) is 16.7 Å². The largest absolute Gasteiger partial charge is 0.381 e. The van der Waals surface area contributed by atoms with E-state index in [1.807, 2.05) is 32.0 Å². The molecule has 2 aromatic carbocycles. The van der Waals surface area contributed by atoms with Gasteiger partial charge in [0.25, 0.3) is 0 Å². The van der Waals surface area contributed by atoms with Crippen molar-refractivity contribution >= 4 is 5.69 Å². The summed E-state index contributed by atoms with van der Waals surface area (Å²) in [5.74, 6) is -1.07. The van der Waals surface area contributed by atoms with E-state index in [4.69, 9.17) is 0 Å². The van der Waals surface area contributed by atoms with Gasteiger partial charge < -0.3 is 5.32 Å². The van der Waals surface area contributed by atoms with Crippen LogP contribution in [-0.2, 0) is 6.54 Å². The van der Waals surface area contributed by atoms with Crippen LogP contribution in [-0.4, -0.2) is 0 Å². The van der Waals surface area contributed by atoms with Crippen LogP contribution in [0.25, 0.3) is 0 Å². The van der Waals surface area contributed by atoms with Crippen LogP contribution < -0.4 is 5.32 Å². The molecule has 0 aliphatic rings. The van der Waals surface area contributed by atoms with Gasteiger partial charge in [0.05, 0.1) is 0 Å². The lowest BCUT2D eigenvalue weighted by atomic mass is 10.1. The molecule has 0 atom stereocenters. The van der Waals surface area contributed by atoms with Gasteiger partial charge >= 0.3 is 0 Å². The van der Waals surface area contributed by atoms with Gasteiger partial charge in [-0.15, -0.1) is 0 Å². The summed E-state index contributed by atoms with van der Waals surface area (Å²) < 4.78 is 26.2. The third-order valence-corrected chi connectivity index (χ3v) is 3.09. The van der Waals surface area contributed by atoms with E-state index < -0.39 is 11.6 Å². The minimum Gasteiger partial charge on any atom is -0.381 e. The molecule has 0 saturated carbocycles. The normalized spacial score (nSPS) is 10.4. The Kier molecular flexibility index (Phi) is 3.60. The Labute approximate surface area is 105 Å². The molecular weight excluding hydrogens is 232 g/mol. The van der Waals surface area contributed by atoms with Crippen molar-refractivity contribution in [2.24, 2.45) is 0 Å². The predicted octanol–water partition coefficient (Wildman–Crippen LogP) is 4.19. The molecule has 2 aromatic rings. The average molecular weight is 247 g/mol. The number of hydrogen-bond donors (Lipinski definition) is 1. The van der Waals surface area contributed by atoms with Gasteiger partial charge in [-0.2, -0.15) is 0 Å². The van der Waals surface area contributed by atoms with Crippen molar-refractivity contribution in [2.45, 2.75) is 20.4 Å². The van der Waals surface area contributed by atoms with E-state index in [1.54, 1.807) is 0 Å². The molecule has 0 aliphatic carbocycles. The molecule has 0 spiro atoms. The first kappa shape index (κ1) is 12.6. The Morgan fingerprint density at radius 1 is 1.06 bits per heavy atom. The summed E-state index contributed by atoms with van der Waals surface area (Å²) in [5.41, 5.74) is 3.75. The van der Waals surface area contributed by atoms with Crippen molar-refractivity contribution in [3.63, 3.8) is 0 Å². The highest BCUT2D eigenvalue weighted by Gasteiger charge is 2.05. The summed E-state index contributed by atoms with van der Waals surface area (Å²) >= 11 is 0. The Balaban J connectivity index is 2.14. The average Bonchev–Trinajstić information content (AvgIpc) is 2.33. The Hall–Kier alpha value is -1.90. The highest BCUT2D eigenvalue weighted by atomic mass is 19.1. The molecule has 0 amide bonds. The maximum Gasteiger partial charge on any atom is 0.131 e. The number of anilines is 1. The van der Waals surface area contributed by atoms with Crippen molar-refractivity contribution in [2.75, 3.05) is 5.32 Å². The fraction of sp³-hybridized carbons (Fsp3) is 0.200. The second-order valence-electron chi connectivity index (χ2n) is 4.34. The molecule has 0 radical (unpaired) electrons. The first-order chi connectivity index (χ1) is 8.58. The predicted molar refractivity (Wildman–Crippen MR) is 69.6 cm³/mol. The van der Waals surface area contributed by atoms with E-state index in [0.29, 0.717) is 12.1 Å². The smallest absolute Gasteiger partial charge is 0.131 e. The SMILES string of the molecule is Cc1cccc(NCc2ccc(F)cc2F)c1C. The summed E-state index contributed by atoms with van der Waals surface area (Å²) in [5, 5.41) is 3.17. The van der Waals surface area contributed by atoms with Gasteiger partial charge in [-0.25, -0.2) is 8.78 Å². The number of hydrogen-bond acceptors (Lipinski definition) is 1. The van der Waals surface area contributed by atoms with E-state index >= 15 is 0 Å². The number of benzene rings is 2. The zero-order valence-electron chi connectivity index (χ0n) is 10.4. The van der Waals surface area contributed by atoms with Gasteiger partial charge in [0.2, 0.25) is 0 Å². The van der Waals surface area contributed by atoms with Crippen molar-refractivity contribution in [1.82, 2.24) is 0 Å². The second-order valence-corrected chi connectivity index (χ2v) is 4.34. The van der Waals surface area contributed by atoms with Gasteiger partial charge in [-0.05, 0) is 37.1 Å². The van der Waals surface area contributed by atoms with Crippen molar-refractivity contribution in [3.05, 3.63) is 64.7 Å². The first-order valence-corrected chi connectivity index (χ1v) is 5.82. The minimum absolute atomic E-state index is 0.344. The fourth-order valence-electron chi connectivity index (χ4n) is 1.80. The van der Waals surface area contributed by atoms with E-state index in [2.05, 4.69) is 5.32 Å². The third kappa shape index (κ3) is 2.67. The highest BCUT2D eigenvalue weighted by molar-refractivity contribution is 5.53. The third-order valence-electron chi connectivity index (χ3n) is 3.09. The quantitative estimate of drug-likeness (QED) is 0.857. The minimum atomic E-state index is -0.553. The Bertz CT molecular complexity index is 564. The first-order valence-electron chi connectivity index (χ1n) is 5.82. The molecule has 2 rings (SSSR count). The lowest BCUT2D eigenvalue weighted by Crippen LogP contribution is -2.04.